The van der Waals surface area contributed by atoms with Gasteiger partial charge in [-0.3, -0.25) is 4.55 Å². The molecular weight excluding hydrogens is 255 g/mol. The molecule has 5 nitrogen and oxygen atoms in total. The van der Waals surface area contributed by atoms with Gasteiger partial charge in [0.2, 0.25) is 0 Å². The molecule has 0 spiro atoms. The zero-order valence-electron chi connectivity index (χ0n) is 10.2. The van der Waals surface area contributed by atoms with Gasteiger partial charge in [-0.2, -0.15) is 8.42 Å². The Balaban J connectivity index is 0. The Bertz CT molecular complexity index is 397. The summed E-state index contributed by atoms with van der Waals surface area (Å²) in [5, 5.41) is 11.0. The Hall–Kier alpha value is -0.270. The van der Waals surface area contributed by atoms with Crippen molar-refractivity contribution in [2.75, 3.05) is 12.9 Å². The van der Waals surface area contributed by atoms with Crippen molar-refractivity contribution in [2.45, 2.75) is 13.3 Å². The second-order valence-electron chi connectivity index (χ2n) is 3.03. The van der Waals surface area contributed by atoms with Crippen molar-refractivity contribution < 1.29 is 52.4 Å². The molecule has 0 fully saturated rings. The van der Waals surface area contributed by atoms with E-state index >= 15 is 0 Å². The summed E-state index contributed by atoms with van der Waals surface area (Å²) in [6.45, 7) is 2.62. The quantitative estimate of drug-likeness (QED) is 0.510. The molecule has 0 aromatic heterocycles. The van der Waals surface area contributed by atoms with Gasteiger partial charge in [0.15, 0.2) is 0 Å². The van der Waals surface area contributed by atoms with E-state index in [0.717, 1.165) is 6.42 Å². The predicted octanol–water partition coefficient (Wildman–Crippen LogP) is -1.94. The first-order valence-electron chi connectivity index (χ1n) is 4.66. The monoisotopic (exact) mass is 270 g/mol. The zero-order valence-corrected chi connectivity index (χ0v) is 13.0. The van der Waals surface area contributed by atoms with Crippen LogP contribution in [0.25, 0.3) is 0 Å². The van der Waals surface area contributed by atoms with Crippen LogP contribution < -0.4 is 39.4 Å². The number of benzene rings is 1. The largest absolute Gasteiger partial charge is 1.00 e. The molecule has 0 saturated carbocycles. The number of ether oxygens (including phenoxy) is 1. The predicted molar refractivity (Wildman–Crippen MR) is 59.1 cm³/mol. The maximum Gasteiger partial charge on any atom is 1.00 e. The van der Waals surface area contributed by atoms with Gasteiger partial charge in [-0.25, -0.2) is 0 Å². The number of para-hydroxylation sites is 2. The van der Waals surface area contributed by atoms with E-state index in [-0.39, 0.29) is 35.3 Å². The Morgan fingerprint density at radius 3 is 2.24 bits per heavy atom. The molecule has 92 valence electrons. The van der Waals surface area contributed by atoms with Crippen LogP contribution in [0, 0.1) is 0 Å². The summed E-state index contributed by atoms with van der Waals surface area (Å²) in [6.07, 6.45) is 1.64. The molecule has 0 amide bonds. The van der Waals surface area contributed by atoms with Crippen LogP contribution >= 0.6 is 0 Å². The standard InChI is InChI=1S/C9H12O2.CH4O3S.Na/c1-2-7-11-9-6-4-3-5-8(9)10;1-5(2,3)4;/h3-6,10H,2,7H2,1H3;1H3,(H,2,3,4);/q;;+1/p-1. The van der Waals surface area contributed by atoms with E-state index in [2.05, 4.69) is 0 Å². The molecule has 0 aliphatic carbocycles. The van der Waals surface area contributed by atoms with Crippen molar-refractivity contribution in [1.29, 1.82) is 0 Å². The van der Waals surface area contributed by atoms with E-state index in [1.54, 1.807) is 18.2 Å². The second-order valence-corrected chi connectivity index (χ2v) is 4.49. The van der Waals surface area contributed by atoms with Crippen LogP contribution in [0.5, 0.6) is 11.5 Å². The molecule has 0 saturated heterocycles. The van der Waals surface area contributed by atoms with Gasteiger partial charge in [-0.15, -0.1) is 0 Å². The maximum atomic E-state index is 11.0. The summed E-state index contributed by atoms with van der Waals surface area (Å²) < 4.78 is 31.0. The summed E-state index contributed by atoms with van der Waals surface area (Å²) in [4.78, 5) is 0. The van der Waals surface area contributed by atoms with Crippen LogP contribution in [0.15, 0.2) is 24.3 Å². The van der Waals surface area contributed by atoms with E-state index in [1.807, 2.05) is 6.92 Å². The molecule has 7 heteroatoms. The number of hydrogen-bond donors (Lipinski definition) is 1. The molecule has 0 unspecified atom stereocenters. The summed E-state index contributed by atoms with van der Waals surface area (Å²) in [7, 11) is -3.67. The molecule has 1 N–H and O–H groups in total. The normalized spacial score (nSPS) is 9.59. The van der Waals surface area contributed by atoms with Gasteiger partial charge in [-0.05, 0) is 12.5 Å². The average molecular weight is 270 g/mol. The number of rotatable bonds is 3. The molecular formula is C10H15NaO5S. The first-order chi connectivity index (χ1) is 7.34. The average Bonchev–Trinajstić information content (AvgIpc) is 2.14. The van der Waals surface area contributed by atoms with Gasteiger partial charge < -0.3 is 9.84 Å². The Morgan fingerprint density at radius 1 is 1.35 bits per heavy atom. The fourth-order valence-electron chi connectivity index (χ4n) is 0.781. The molecule has 0 aliphatic rings. The van der Waals surface area contributed by atoms with Crippen LogP contribution in [0.1, 0.15) is 13.3 Å². The van der Waals surface area contributed by atoms with Crippen molar-refractivity contribution >= 4 is 10.1 Å². The Morgan fingerprint density at radius 2 is 1.82 bits per heavy atom. The third-order valence-electron chi connectivity index (χ3n) is 1.31. The van der Waals surface area contributed by atoms with Crippen LogP contribution in [0.2, 0.25) is 0 Å². The molecule has 0 bridgehead atoms. The maximum absolute atomic E-state index is 11.0. The fourth-order valence-corrected chi connectivity index (χ4v) is 0.781. The van der Waals surface area contributed by atoms with E-state index < -0.39 is 10.1 Å². The van der Waals surface area contributed by atoms with Crippen molar-refractivity contribution in [3.63, 3.8) is 0 Å². The van der Waals surface area contributed by atoms with Gasteiger partial charge in [0, 0.05) is 0 Å². The number of hydrogen-bond acceptors (Lipinski definition) is 4. The van der Waals surface area contributed by atoms with E-state index in [1.165, 1.54) is 6.07 Å². The Kier molecular flexibility index (Phi) is 10.9. The van der Waals surface area contributed by atoms with Gasteiger partial charge in [0.25, 0.3) is 10.1 Å². The van der Waals surface area contributed by atoms with E-state index in [9.17, 15) is 13.5 Å². The van der Waals surface area contributed by atoms with Crippen molar-refractivity contribution in [1.82, 2.24) is 0 Å². The van der Waals surface area contributed by atoms with E-state index in [4.69, 9.17) is 9.29 Å². The molecule has 0 heterocycles. The third kappa shape index (κ3) is 13.7. The van der Waals surface area contributed by atoms with Crippen molar-refractivity contribution in [2.24, 2.45) is 0 Å². The van der Waals surface area contributed by atoms with Crippen molar-refractivity contribution in [3.8, 4) is 11.5 Å². The molecule has 1 aromatic carbocycles. The molecule has 0 aliphatic heterocycles. The molecule has 0 radical (unpaired) electrons. The van der Waals surface area contributed by atoms with Crippen LogP contribution in [0.3, 0.4) is 0 Å². The van der Waals surface area contributed by atoms with Crippen LogP contribution in [-0.4, -0.2) is 25.8 Å². The molecule has 17 heavy (non-hydrogen) atoms. The van der Waals surface area contributed by atoms with Gasteiger partial charge in [0.05, 0.1) is 12.9 Å². The summed E-state index contributed by atoms with van der Waals surface area (Å²) in [5.74, 6) is 0.412. The minimum absolute atomic E-state index is 0. The minimum Gasteiger partial charge on any atom is -0.870 e. The smallest absolute Gasteiger partial charge is 0.870 e. The summed E-state index contributed by atoms with van der Waals surface area (Å²) in [5.41, 5.74) is 0. The summed E-state index contributed by atoms with van der Waals surface area (Å²) >= 11 is 0. The first kappa shape index (κ1) is 19.1. The van der Waals surface area contributed by atoms with Gasteiger partial charge in [0.1, 0.15) is 5.75 Å². The minimum atomic E-state index is -3.67. The molecule has 0 atom stereocenters. The third-order valence-corrected chi connectivity index (χ3v) is 1.31. The fraction of sp³-hybridized carbons (Fsp3) is 0.400. The topological polar surface area (TPSA) is 86.7 Å². The first-order valence-corrected chi connectivity index (χ1v) is 6.50. The Labute approximate surface area is 124 Å². The second kappa shape index (κ2) is 9.73. The SMILES string of the molecule is CCCOc1ccccc1[O-].CS(=O)(=O)O.[Na+]. The molecule has 1 aromatic rings. The zero-order chi connectivity index (χ0) is 12.6. The van der Waals surface area contributed by atoms with Crippen molar-refractivity contribution in [3.05, 3.63) is 24.3 Å². The van der Waals surface area contributed by atoms with Crippen LogP contribution in [0.4, 0.5) is 0 Å². The molecule has 1 rings (SSSR count). The van der Waals surface area contributed by atoms with Crippen LogP contribution in [-0.2, 0) is 10.1 Å². The summed E-state index contributed by atoms with van der Waals surface area (Å²) in [6, 6.07) is 6.70. The van der Waals surface area contributed by atoms with Gasteiger partial charge >= 0.3 is 29.6 Å². The van der Waals surface area contributed by atoms with Gasteiger partial charge in [-0.1, -0.05) is 30.9 Å². The van der Waals surface area contributed by atoms with E-state index in [0.29, 0.717) is 18.6 Å².